The minimum Gasteiger partial charge on any atom is -0.0998 e. The number of fused-ring (bicyclic) bond motifs is 1. The summed E-state index contributed by atoms with van der Waals surface area (Å²) < 4.78 is 0. The molecule has 0 radical (unpaired) electrons. The summed E-state index contributed by atoms with van der Waals surface area (Å²) in [5.41, 5.74) is 3.01. The van der Waals surface area contributed by atoms with Crippen molar-refractivity contribution in [3.05, 3.63) is 23.8 Å². The highest BCUT2D eigenvalue weighted by molar-refractivity contribution is 5.15. The topological polar surface area (TPSA) is 0 Å². The summed E-state index contributed by atoms with van der Waals surface area (Å²) >= 11 is 0. The lowest BCUT2D eigenvalue weighted by Crippen LogP contribution is -2.34. The third-order valence-corrected chi connectivity index (χ3v) is 4.60. The molecule has 0 aromatic rings. The van der Waals surface area contributed by atoms with Crippen LogP contribution in [0, 0.1) is 23.7 Å². The van der Waals surface area contributed by atoms with E-state index >= 15 is 0 Å². The van der Waals surface area contributed by atoms with Crippen LogP contribution in [-0.2, 0) is 0 Å². The number of hydrogen-bond donors (Lipinski definition) is 0. The van der Waals surface area contributed by atoms with Crippen LogP contribution < -0.4 is 0 Å². The highest BCUT2D eigenvalue weighted by Gasteiger charge is 2.37. The van der Waals surface area contributed by atoms with Crippen molar-refractivity contribution in [2.45, 2.75) is 46.5 Å². The van der Waals surface area contributed by atoms with Crippen molar-refractivity contribution in [2.75, 3.05) is 0 Å². The molecule has 0 heteroatoms. The molecule has 15 heavy (non-hydrogen) atoms. The van der Waals surface area contributed by atoms with Gasteiger partial charge < -0.3 is 0 Å². The first-order valence-corrected chi connectivity index (χ1v) is 6.42. The molecule has 0 saturated heterocycles. The summed E-state index contributed by atoms with van der Waals surface area (Å²) in [6.07, 6.45) is 8.07. The van der Waals surface area contributed by atoms with Gasteiger partial charge in [-0.15, -0.1) is 0 Å². The van der Waals surface area contributed by atoms with Gasteiger partial charge in [0.05, 0.1) is 0 Å². The molecule has 84 valence electrons. The van der Waals surface area contributed by atoms with E-state index in [0.29, 0.717) is 0 Å². The molecule has 2 aliphatic rings. The Balaban J connectivity index is 2.24. The van der Waals surface area contributed by atoms with Crippen molar-refractivity contribution in [2.24, 2.45) is 23.7 Å². The maximum absolute atomic E-state index is 4.19. The Morgan fingerprint density at radius 3 is 2.73 bits per heavy atom. The Morgan fingerprint density at radius 1 is 1.33 bits per heavy atom. The molecule has 2 rings (SSSR count). The Hall–Kier alpha value is -0.520. The van der Waals surface area contributed by atoms with E-state index in [4.69, 9.17) is 0 Å². The van der Waals surface area contributed by atoms with Crippen LogP contribution >= 0.6 is 0 Å². The zero-order valence-electron chi connectivity index (χ0n) is 10.4. The molecule has 0 amide bonds. The monoisotopic (exact) mass is 204 g/mol. The number of hydrogen-bond acceptors (Lipinski definition) is 0. The fourth-order valence-corrected chi connectivity index (χ4v) is 3.62. The normalized spacial score (nSPS) is 40.6. The Bertz CT molecular complexity index is 284. The molecule has 1 fully saturated rings. The molecule has 0 aromatic heterocycles. The molecule has 0 nitrogen and oxygen atoms in total. The Kier molecular flexibility index (Phi) is 3.04. The van der Waals surface area contributed by atoms with Crippen molar-refractivity contribution in [1.29, 1.82) is 0 Å². The standard InChI is InChI=1S/C15H24/c1-10(2)13-8-6-12(4)14-7-5-11(3)9-15(13)14/h9,12-15H,1,5-8H2,2-4H3/t12?,13-,14+,15-/m1/s1. The smallest absolute Gasteiger partial charge is 0.0134 e. The second kappa shape index (κ2) is 4.15. The van der Waals surface area contributed by atoms with Crippen molar-refractivity contribution in [3.8, 4) is 0 Å². The first-order valence-electron chi connectivity index (χ1n) is 6.42. The van der Waals surface area contributed by atoms with Crippen molar-refractivity contribution >= 4 is 0 Å². The molecule has 0 N–H and O–H groups in total. The van der Waals surface area contributed by atoms with E-state index in [1.165, 1.54) is 31.3 Å². The lowest BCUT2D eigenvalue weighted by atomic mass is 9.61. The summed E-state index contributed by atoms with van der Waals surface area (Å²) in [4.78, 5) is 0. The molecule has 2 aliphatic carbocycles. The summed E-state index contributed by atoms with van der Waals surface area (Å²) in [5, 5.41) is 0. The number of allylic oxidation sites excluding steroid dienone is 3. The SMILES string of the molecule is C=C(C)[C@H]1CCC(C)[C@@H]2CCC(C)=C[C@H]12. The van der Waals surface area contributed by atoms with Gasteiger partial charge in [0.25, 0.3) is 0 Å². The van der Waals surface area contributed by atoms with Gasteiger partial charge in [0.2, 0.25) is 0 Å². The summed E-state index contributed by atoms with van der Waals surface area (Å²) in [6.45, 7) is 11.2. The van der Waals surface area contributed by atoms with Crippen LogP contribution in [0.4, 0.5) is 0 Å². The molecule has 0 aromatic carbocycles. The van der Waals surface area contributed by atoms with Gasteiger partial charge in [0.1, 0.15) is 0 Å². The molecule has 0 bridgehead atoms. The van der Waals surface area contributed by atoms with E-state index in [2.05, 4.69) is 33.4 Å². The Labute approximate surface area is 94.5 Å². The average Bonchev–Trinajstić information content (AvgIpc) is 2.17. The zero-order valence-corrected chi connectivity index (χ0v) is 10.4. The van der Waals surface area contributed by atoms with Crippen LogP contribution in [0.15, 0.2) is 23.8 Å². The van der Waals surface area contributed by atoms with E-state index in [9.17, 15) is 0 Å². The van der Waals surface area contributed by atoms with E-state index in [0.717, 1.165) is 23.7 Å². The van der Waals surface area contributed by atoms with Gasteiger partial charge in [-0.2, -0.15) is 0 Å². The third kappa shape index (κ3) is 2.04. The molecule has 0 aliphatic heterocycles. The zero-order chi connectivity index (χ0) is 11.0. The largest absolute Gasteiger partial charge is 0.0998 e. The minimum absolute atomic E-state index is 0.765. The van der Waals surface area contributed by atoms with Crippen LogP contribution in [0.25, 0.3) is 0 Å². The van der Waals surface area contributed by atoms with E-state index in [1.807, 2.05) is 0 Å². The lowest BCUT2D eigenvalue weighted by molar-refractivity contribution is 0.135. The molecular weight excluding hydrogens is 180 g/mol. The van der Waals surface area contributed by atoms with Crippen molar-refractivity contribution in [1.82, 2.24) is 0 Å². The van der Waals surface area contributed by atoms with Crippen molar-refractivity contribution < 1.29 is 0 Å². The first kappa shape index (κ1) is 11.0. The predicted octanol–water partition coefficient (Wildman–Crippen LogP) is 4.58. The van der Waals surface area contributed by atoms with Crippen LogP contribution in [0.2, 0.25) is 0 Å². The van der Waals surface area contributed by atoms with Crippen LogP contribution in [-0.4, -0.2) is 0 Å². The Morgan fingerprint density at radius 2 is 2.07 bits per heavy atom. The first-order chi connectivity index (χ1) is 7.09. The van der Waals surface area contributed by atoms with Gasteiger partial charge >= 0.3 is 0 Å². The lowest BCUT2D eigenvalue weighted by Gasteiger charge is -2.44. The summed E-state index contributed by atoms with van der Waals surface area (Å²) in [5.74, 6) is 3.43. The van der Waals surface area contributed by atoms with Gasteiger partial charge in [-0.25, -0.2) is 0 Å². The molecular formula is C15H24. The second-order valence-corrected chi connectivity index (χ2v) is 5.80. The maximum Gasteiger partial charge on any atom is -0.0134 e. The van der Waals surface area contributed by atoms with Gasteiger partial charge in [0, 0.05) is 0 Å². The van der Waals surface area contributed by atoms with E-state index in [-0.39, 0.29) is 0 Å². The molecule has 4 atom stereocenters. The van der Waals surface area contributed by atoms with Gasteiger partial charge in [-0.1, -0.05) is 30.7 Å². The maximum atomic E-state index is 4.19. The van der Waals surface area contributed by atoms with Crippen LogP contribution in [0.1, 0.15) is 46.5 Å². The second-order valence-electron chi connectivity index (χ2n) is 5.80. The van der Waals surface area contributed by atoms with E-state index < -0.39 is 0 Å². The third-order valence-electron chi connectivity index (χ3n) is 4.60. The van der Waals surface area contributed by atoms with Gasteiger partial charge in [-0.05, 0) is 63.2 Å². The predicted molar refractivity (Wildman–Crippen MR) is 66.7 cm³/mol. The van der Waals surface area contributed by atoms with Gasteiger partial charge in [-0.3, -0.25) is 0 Å². The number of rotatable bonds is 1. The molecule has 1 unspecified atom stereocenters. The molecule has 0 spiro atoms. The van der Waals surface area contributed by atoms with Gasteiger partial charge in [0.15, 0.2) is 0 Å². The fourth-order valence-electron chi connectivity index (χ4n) is 3.62. The van der Waals surface area contributed by atoms with Crippen molar-refractivity contribution in [3.63, 3.8) is 0 Å². The van der Waals surface area contributed by atoms with Crippen LogP contribution in [0.3, 0.4) is 0 Å². The van der Waals surface area contributed by atoms with Crippen LogP contribution in [0.5, 0.6) is 0 Å². The quantitative estimate of drug-likeness (QED) is 0.548. The highest BCUT2D eigenvalue weighted by Crippen LogP contribution is 2.47. The summed E-state index contributed by atoms with van der Waals surface area (Å²) in [6, 6.07) is 0. The average molecular weight is 204 g/mol. The highest BCUT2D eigenvalue weighted by atomic mass is 14.4. The fraction of sp³-hybridized carbons (Fsp3) is 0.733. The summed E-state index contributed by atoms with van der Waals surface area (Å²) in [7, 11) is 0. The molecule has 0 heterocycles. The van der Waals surface area contributed by atoms with E-state index in [1.54, 1.807) is 5.57 Å². The minimum atomic E-state index is 0.765. The molecule has 1 saturated carbocycles.